The Balaban J connectivity index is 1.52. The van der Waals surface area contributed by atoms with Gasteiger partial charge in [-0.3, -0.25) is 0 Å². The van der Waals surface area contributed by atoms with Crippen LogP contribution in [0, 0.1) is 23.0 Å². The molecule has 0 amide bonds. The van der Waals surface area contributed by atoms with Crippen molar-refractivity contribution in [2.24, 2.45) is 0 Å². The van der Waals surface area contributed by atoms with Crippen LogP contribution in [0.3, 0.4) is 0 Å². The van der Waals surface area contributed by atoms with Gasteiger partial charge in [0.2, 0.25) is 27.5 Å². The number of benzene rings is 2. The molecule has 1 aliphatic rings. The number of oxazole rings is 1. The number of nitrogens with zero attached hydrogens (tertiary/aromatic N) is 4. The molecule has 0 bridgehead atoms. The van der Waals surface area contributed by atoms with Gasteiger partial charge in [-0.25, -0.2) is 17.2 Å². The molecule has 2 heterocycles. The maximum Gasteiger partial charge on any atom is 0.243 e. The van der Waals surface area contributed by atoms with Gasteiger partial charge in [0.15, 0.2) is 0 Å². The molecule has 1 aromatic heterocycles. The molecule has 0 N–H and O–H groups in total. The highest BCUT2D eigenvalue weighted by Crippen LogP contribution is 2.29. The molecule has 0 radical (unpaired) electrons. The second-order valence-electron chi connectivity index (χ2n) is 6.64. The fourth-order valence-electron chi connectivity index (χ4n) is 3.20. The van der Waals surface area contributed by atoms with Crippen LogP contribution >= 0.6 is 0 Å². The van der Waals surface area contributed by atoms with E-state index in [0.29, 0.717) is 5.56 Å². The van der Waals surface area contributed by atoms with Crippen LogP contribution in [0.15, 0.2) is 57.8 Å². The predicted octanol–water partition coefficient (Wildman–Crippen LogP) is 3.00. The van der Waals surface area contributed by atoms with Crippen LogP contribution in [0.25, 0.3) is 11.5 Å². The van der Waals surface area contributed by atoms with Gasteiger partial charge in [-0.15, -0.1) is 0 Å². The summed E-state index contributed by atoms with van der Waals surface area (Å²) in [6.07, 6.45) is 0. The van der Waals surface area contributed by atoms with Gasteiger partial charge < -0.3 is 9.32 Å². The Morgan fingerprint density at radius 2 is 1.50 bits per heavy atom. The molecule has 30 heavy (non-hydrogen) atoms. The van der Waals surface area contributed by atoms with Crippen molar-refractivity contribution in [1.29, 1.82) is 5.26 Å². The summed E-state index contributed by atoms with van der Waals surface area (Å²) in [5.41, 5.74) is 0.598. The first-order valence-electron chi connectivity index (χ1n) is 9.06. The first-order chi connectivity index (χ1) is 14.4. The van der Waals surface area contributed by atoms with Crippen molar-refractivity contribution in [2.75, 3.05) is 31.1 Å². The van der Waals surface area contributed by atoms with Crippen molar-refractivity contribution in [3.63, 3.8) is 0 Å². The lowest BCUT2D eigenvalue weighted by Gasteiger charge is -2.33. The van der Waals surface area contributed by atoms with Crippen LogP contribution in [-0.2, 0) is 10.0 Å². The molecule has 7 nitrogen and oxygen atoms in total. The molecule has 1 aliphatic heterocycles. The Bertz CT molecular complexity index is 1190. The van der Waals surface area contributed by atoms with Crippen LogP contribution < -0.4 is 4.90 Å². The highest BCUT2D eigenvalue weighted by molar-refractivity contribution is 7.89. The smallest absolute Gasteiger partial charge is 0.243 e. The lowest BCUT2D eigenvalue weighted by Crippen LogP contribution is -2.48. The van der Waals surface area contributed by atoms with Crippen molar-refractivity contribution in [1.82, 2.24) is 9.29 Å². The standard InChI is InChI=1S/C20H16F2N4O3S/c21-15-3-1-14(2-4-15)19-24-18(13-23)20(29-19)25-9-11-26(12-10-25)30(27,28)17-7-5-16(22)6-8-17/h1-8H,9-12H2. The minimum absolute atomic E-state index is 0.0216. The lowest BCUT2D eigenvalue weighted by atomic mass is 10.2. The van der Waals surface area contributed by atoms with E-state index >= 15 is 0 Å². The lowest BCUT2D eigenvalue weighted by molar-refractivity contribution is 0.374. The zero-order chi connectivity index (χ0) is 21.3. The Kier molecular flexibility index (Phi) is 5.24. The monoisotopic (exact) mass is 430 g/mol. The van der Waals surface area contributed by atoms with E-state index in [1.165, 1.54) is 40.7 Å². The van der Waals surface area contributed by atoms with E-state index in [1.807, 2.05) is 6.07 Å². The number of hydrogen-bond acceptors (Lipinski definition) is 6. The SMILES string of the molecule is N#Cc1nc(-c2ccc(F)cc2)oc1N1CCN(S(=O)(=O)c2ccc(F)cc2)CC1. The molecule has 0 atom stereocenters. The summed E-state index contributed by atoms with van der Waals surface area (Å²) in [5.74, 6) is -0.479. The highest BCUT2D eigenvalue weighted by atomic mass is 32.2. The van der Waals surface area contributed by atoms with Crippen molar-refractivity contribution < 1.29 is 21.6 Å². The normalized spacial score (nSPS) is 15.2. The number of anilines is 1. The molecule has 4 rings (SSSR count). The summed E-state index contributed by atoms with van der Waals surface area (Å²) >= 11 is 0. The number of aromatic nitrogens is 1. The van der Waals surface area contributed by atoms with Gasteiger partial charge in [0.05, 0.1) is 4.90 Å². The van der Waals surface area contributed by atoms with Crippen LogP contribution in [0.2, 0.25) is 0 Å². The van der Waals surface area contributed by atoms with E-state index in [9.17, 15) is 22.5 Å². The molecule has 0 saturated carbocycles. The first-order valence-corrected chi connectivity index (χ1v) is 10.5. The Morgan fingerprint density at radius 3 is 2.07 bits per heavy atom. The largest absolute Gasteiger partial charge is 0.419 e. The molecule has 0 aliphatic carbocycles. The van der Waals surface area contributed by atoms with Gasteiger partial charge in [0.25, 0.3) is 0 Å². The van der Waals surface area contributed by atoms with E-state index in [-0.39, 0.29) is 48.5 Å². The Hall–Kier alpha value is -3.29. The molecule has 1 fully saturated rings. The summed E-state index contributed by atoms with van der Waals surface area (Å²) in [4.78, 5) is 5.94. The summed E-state index contributed by atoms with van der Waals surface area (Å²) in [6, 6.07) is 12.2. The van der Waals surface area contributed by atoms with Gasteiger partial charge in [0, 0.05) is 31.7 Å². The Labute approximate surface area is 171 Å². The number of hydrogen-bond donors (Lipinski definition) is 0. The van der Waals surface area contributed by atoms with Crippen LogP contribution in [0.5, 0.6) is 0 Å². The van der Waals surface area contributed by atoms with E-state index in [4.69, 9.17) is 4.42 Å². The summed E-state index contributed by atoms with van der Waals surface area (Å²) in [7, 11) is -3.75. The van der Waals surface area contributed by atoms with Crippen molar-refractivity contribution >= 4 is 15.9 Å². The maximum atomic E-state index is 13.1. The van der Waals surface area contributed by atoms with Crippen molar-refractivity contribution in [2.45, 2.75) is 4.90 Å². The fraction of sp³-hybridized carbons (Fsp3) is 0.200. The van der Waals surface area contributed by atoms with Crippen LogP contribution in [-0.4, -0.2) is 43.9 Å². The number of rotatable bonds is 4. The van der Waals surface area contributed by atoms with E-state index in [0.717, 1.165) is 12.1 Å². The maximum absolute atomic E-state index is 13.1. The van der Waals surface area contributed by atoms with Crippen molar-refractivity contribution in [3.05, 3.63) is 65.9 Å². The quantitative estimate of drug-likeness (QED) is 0.632. The first kappa shape index (κ1) is 20.0. The number of halogens is 2. The van der Waals surface area contributed by atoms with Gasteiger partial charge in [-0.1, -0.05) is 0 Å². The predicted molar refractivity (Wildman–Crippen MR) is 104 cm³/mol. The minimum atomic E-state index is -3.75. The van der Waals surface area contributed by atoms with E-state index in [2.05, 4.69) is 4.98 Å². The zero-order valence-corrected chi connectivity index (χ0v) is 16.4. The molecule has 0 spiro atoms. The molecular formula is C20H16F2N4O3S. The molecule has 0 unspecified atom stereocenters. The van der Waals surface area contributed by atoms with E-state index < -0.39 is 21.7 Å². The van der Waals surface area contributed by atoms with Gasteiger partial charge in [-0.05, 0) is 48.5 Å². The summed E-state index contributed by atoms with van der Waals surface area (Å²) in [5, 5.41) is 9.41. The third-order valence-electron chi connectivity index (χ3n) is 4.78. The average Bonchev–Trinajstić information content (AvgIpc) is 3.19. The van der Waals surface area contributed by atoms with Crippen LogP contribution in [0.1, 0.15) is 5.69 Å². The molecule has 154 valence electrons. The van der Waals surface area contributed by atoms with Crippen molar-refractivity contribution in [3.8, 4) is 17.5 Å². The molecule has 10 heteroatoms. The zero-order valence-electron chi connectivity index (χ0n) is 15.6. The molecular weight excluding hydrogens is 414 g/mol. The molecule has 1 saturated heterocycles. The summed E-state index contributed by atoms with van der Waals surface area (Å²) < 4.78 is 58.8. The average molecular weight is 430 g/mol. The number of piperazine rings is 1. The second kappa shape index (κ2) is 7.85. The van der Waals surface area contributed by atoms with Gasteiger partial charge in [-0.2, -0.15) is 14.6 Å². The highest BCUT2D eigenvalue weighted by Gasteiger charge is 2.31. The van der Waals surface area contributed by atoms with E-state index in [1.54, 1.807) is 4.90 Å². The third kappa shape index (κ3) is 3.77. The topological polar surface area (TPSA) is 90.4 Å². The fourth-order valence-corrected chi connectivity index (χ4v) is 4.62. The number of sulfonamides is 1. The van der Waals surface area contributed by atoms with Gasteiger partial charge >= 0.3 is 0 Å². The second-order valence-corrected chi connectivity index (χ2v) is 8.57. The third-order valence-corrected chi connectivity index (χ3v) is 6.70. The Morgan fingerprint density at radius 1 is 0.933 bits per heavy atom. The summed E-state index contributed by atoms with van der Waals surface area (Å²) in [6.45, 7) is 0.897. The molecule has 3 aromatic rings. The minimum Gasteiger partial charge on any atom is -0.419 e. The van der Waals surface area contributed by atoms with Gasteiger partial charge in [0.1, 0.15) is 17.7 Å². The van der Waals surface area contributed by atoms with Crippen LogP contribution in [0.4, 0.5) is 14.7 Å². The molecule has 2 aromatic carbocycles. The number of nitriles is 1.